The Balaban J connectivity index is 2.28. The first-order valence-corrected chi connectivity index (χ1v) is 7.80. The van der Waals surface area contributed by atoms with Crippen LogP contribution in [0.25, 0.3) is 0 Å². The zero-order valence-electron chi connectivity index (χ0n) is 13.3. The van der Waals surface area contributed by atoms with Crippen molar-refractivity contribution in [3.05, 3.63) is 64.7 Å². The van der Waals surface area contributed by atoms with Crippen molar-refractivity contribution in [3.63, 3.8) is 0 Å². The molecule has 0 radical (unpaired) electrons. The number of anilines is 1. The molecule has 2 aromatic carbocycles. The van der Waals surface area contributed by atoms with Gasteiger partial charge in [0.2, 0.25) is 0 Å². The molecule has 1 atom stereocenters. The number of halogens is 1. The van der Waals surface area contributed by atoms with Crippen LogP contribution in [0.5, 0.6) is 0 Å². The second-order valence-electron chi connectivity index (χ2n) is 6.83. The Morgan fingerprint density at radius 2 is 1.71 bits per heavy atom. The molecule has 0 aliphatic rings. The van der Waals surface area contributed by atoms with Crippen molar-refractivity contribution in [2.75, 3.05) is 5.32 Å². The van der Waals surface area contributed by atoms with Crippen molar-refractivity contribution < 1.29 is 0 Å². The highest BCUT2D eigenvalue weighted by Crippen LogP contribution is 2.33. The Hall–Kier alpha value is -1.47. The molecular formula is C19H24ClN. The highest BCUT2D eigenvalue weighted by Gasteiger charge is 2.20. The Labute approximate surface area is 133 Å². The second kappa shape index (κ2) is 6.53. The molecule has 1 unspecified atom stereocenters. The lowest BCUT2D eigenvalue weighted by atomic mass is 9.85. The van der Waals surface area contributed by atoms with Crippen molar-refractivity contribution in [2.24, 2.45) is 5.41 Å². The third-order valence-electron chi connectivity index (χ3n) is 3.54. The van der Waals surface area contributed by atoms with E-state index in [1.54, 1.807) is 0 Å². The highest BCUT2D eigenvalue weighted by molar-refractivity contribution is 6.30. The van der Waals surface area contributed by atoms with Gasteiger partial charge in [-0.25, -0.2) is 0 Å². The fourth-order valence-corrected chi connectivity index (χ4v) is 2.75. The molecule has 0 bridgehead atoms. The predicted octanol–water partition coefficient (Wildman–Crippen LogP) is 6.24. The molecule has 0 amide bonds. The van der Waals surface area contributed by atoms with Crippen molar-refractivity contribution in [2.45, 2.75) is 40.2 Å². The van der Waals surface area contributed by atoms with E-state index in [1.807, 2.05) is 12.1 Å². The van der Waals surface area contributed by atoms with E-state index in [0.717, 1.165) is 17.1 Å². The van der Waals surface area contributed by atoms with Crippen LogP contribution in [0.4, 0.5) is 5.69 Å². The lowest BCUT2D eigenvalue weighted by Gasteiger charge is -2.28. The van der Waals surface area contributed by atoms with Gasteiger partial charge < -0.3 is 5.32 Å². The molecule has 0 aromatic heterocycles. The first-order chi connectivity index (χ1) is 9.85. The average molecular weight is 302 g/mol. The minimum atomic E-state index is 0.258. The molecule has 0 spiro atoms. The van der Waals surface area contributed by atoms with Crippen molar-refractivity contribution in [1.82, 2.24) is 0 Å². The Kier molecular flexibility index (Phi) is 4.95. The molecule has 0 heterocycles. The summed E-state index contributed by atoms with van der Waals surface area (Å²) in [6.07, 6.45) is 1.07. The Morgan fingerprint density at radius 1 is 1.05 bits per heavy atom. The van der Waals surface area contributed by atoms with E-state index in [1.165, 1.54) is 11.1 Å². The Bertz CT molecular complexity index is 584. The van der Waals surface area contributed by atoms with Crippen LogP contribution in [0.2, 0.25) is 5.02 Å². The first-order valence-electron chi connectivity index (χ1n) is 7.43. The zero-order chi connectivity index (χ0) is 15.5. The molecular weight excluding hydrogens is 278 g/mol. The van der Waals surface area contributed by atoms with Gasteiger partial charge >= 0.3 is 0 Å². The summed E-state index contributed by atoms with van der Waals surface area (Å²) in [5, 5.41) is 4.47. The van der Waals surface area contributed by atoms with E-state index < -0.39 is 0 Å². The van der Waals surface area contributed by atoms with Gasteiger partial charge in [-0.1, -0.05) is 62.7 Å². The normalized spacial score (nSPS) is 13.0. The minimum absolute atomic E-state index is 0.258. The molecule has 0 saturated carbocycles. The molecule has 0 aliphatic carbocycles. The number of aryl methyl sites for hydroxylation is 1. The van der Waals surface area contributed by atoms with Crippen LogP contribution in [0.3, 0.4) is 0 Å². The largest absolute Gasteiger partial charge is 0.378 e. The highest BCUT2D eigenvalue weighted by atomic mass is 35.5. The summed E-state index contributed by atoms with van der Waals surface area (Å²) in [6.45, 7) is 8.92. The number of benzene rings is 2. The molecule has 2 rings (SSSR count). The second-order valence-corrected chi connectivity index (χ2v) is 7.27. The van der Waals surface area contributed by atoms with Gasteiger partial charge in [0.25, 0.3) is 0 Å². The number of nitrogens with one attached hydrogen (secondary N) is 1. The van der Waals surface area contributed by atoms with Crippen LogP contribution in [0, 0.1) is 12.3 Å². The van der Waals surface area contributed by atoms with Crippen molar-refractivity contribution >= 4 is 17.3 Å². The maximum absolute atomic E-state index is 6.05. The fraction of sp³-hybridized carbons (Fsp3) is 0.368. The molecule has 2 heteroatoms. The van der Waals surface area contributed by atoms with E-state index in [4.69, 9.17) is 11.6 Å². The maximum atomic E-state index is 6.05. The summed E-state index contributed by atoms with van der Waals surface area (Å²) < 4.78 is 0. The standard InChI is InChI=1S/C19H24ClN/c1-14-12-16(20)10-11-17(14)21-18(13-19(2,3)4)15-8-6-5-7-9-15/h5-12,18,21H,13H2,1-4H3. The number of rotatable bonds is 4. The van der Waals surface area contributed by atoms with E-state index in [-0.39, 0.29) is 5.41 Å². The third-order valence-corrected chi connectivity index (χ3v) is 3.77. The van der Waals surface area contributed by atoms with Gasteiger partial charge in [-0.2, -0.15) is 0 Å². The van der Waals surface area contributed by atoms with Gasteiger partial charge in [0.05, 0.1) is 6.04 Å². The number of hydrogen-bond donors (Lipinski definition) is 1. The third kappa shape index (κ3) is 4.78. The fourth-order valence-electron chi connectivity index (χ4n) is 2.53. The molecule has 112 valence electrons. The molecule has 0 saturated heterocycles. The maximum Gasteiger partial charge on any atom is 0.0518 e. The number of hydrogen-bond acceptors (Lipinski definition) is 1. The minimum Gasteiger partial charge on any atom is -0.378 e. The van der Waals surface area contributed by atoms with Crippen LogP contribution < -0.4 is 5.32 Å². The summed E-state index contributed by atoms with van der Waals surface area (Å²) in [6, 6.07) is 16.9. The average Bonchev–Trinajstić information content (AvgIpc) is 2.40. The topological polar surface area (TPSA) is 12.0 Å². The first kappa shape index (κ1) is 15.9. The predicted molar refractivity (Wildman–Crippen MR) is 93.1 cm³/mol. The van der Waals surface area contributed by atoms with Gasteiger partial charge in [0.15, 0.2) is 0 Å². The Morgan fingerprint density at radius 3 is 2.29 bits per heavy atom. The quantitative estimate of drug-likeness (QED) is 0.705. The molecule has 2 aromatic rings. The lowest BCUT2D eigenvalue weighted by Crippen LogP contribution is -2.19. The SMILES string of the molecule is Cc1cc(Cl)ccc1NC(CC(C)(C)C)c1ccccc1. The van der Waals surface area contributed by atoms with Crippen LogP contribution in [-0.4, -0.2) is 0 Å². The lowest BCUT2D eigenvalue weighted by molar-refractivity contribution is 0.352. The molecule has 21 heavy (non-hydrogen) atoms. The smallest absolute Gasteiger partial charge is 0.0518 e. The van der Waals surface area contributed by atoms with Crippen molar-refractivity contribution in [3.8, 4) is 0 Å². The van der Waals surface area contributed by atoms with Gasteiger partial charge in [-0.15, -0.1) is 0 Å². The summed E-state index contributed by atoms with van der Waals surface area (Å²) in [5.74, 6) is 0. The van der Waals surface area contributed by atoms with E-state index >= 15 is 0 Å². The van der Waals surface area contributed by atoms with Crippen LogP contribution >= 0.6 is 11.6 Å². The summed E-state index contributed by atoms with van der Waals surface area (Å²) in [7, 11) is 0. The van der Waals surface area contributed by atoms with Crippen molar-refractivity contribution in [1.29, 1.82) is 0 Å². The van der Waals surface area contributed by atoms with E-state index in [2.05, 4.69) is 69.4 Å². The van der Waals surface area contributed by atoms with E-state index in [0.29, 0.717) is 6.04 Å². The zero-order valence-corrected chi connectivity index (χ0v) is 14.0. The van der Waals surface area contributed by atoms with Gasteiger partial charge in [0.1, 0.15) is 0 Å². The summed E-state index contributed by atoms with van der Waals surface area (Å²) in [5.41, 5.74) is 3.91. The summed E-state index contributed by atoms with van der Waals surface area (Å²) in [4.78, 5) is 0. The van der Waals surface area contributed by atoms with Crippen LogP contribution in [0.1, 0.15) is 44.4 Å². The molecule has 1 nitrogen and oxygen atoms in total. The van der Waals surface area contributed by atoms with Crippen LogP contribution in [-0.2, 0) is 0 Å². The van der Waals surface area contributed by atoms with Gasteiger partial charge in [0, 0.05) is 10.7 Å². The molecule has 0 fully saturated rings. The van der Waals surface area contributed by atoms with E-state index in [9.17, 15) is 0 Å². The summed E-state index contributed by atoms with van der Waals surface area (Å²) >= 11 is 6.05. The van der Waals surface area contributed by atoms with Crippen LogP contribution in [0.15, 0.2) is 48.5 Å². The molecule has 0 aliphatic heterocycles. The molecule has 1 N–H and O–H groups in total. The van der Waals surface area contributed by atoms with Gasteiger partial charge in [-0.3, -0.25) is 0 Å². The van der Waals surface area contributed by atoms with Gasteiger partial charge in [-0.05, 0) is 48.1 Å². The monoisotopic (exact) mass is 301 g/mol.